The van der Waals surface area contributed by atoms with Crippen molar-refractivity contribution in [1.29, 1.82) is 0 Å². The minimum absolute atomic E-state index is 0.151. The summed E-state index contributed by atoms with van der Waals surface area (Å²) in [5, 5.41) is 4.55. The van der Waals surface area contributed by atoms with E-state index in [4.69, 9.17) is 4.74 Å². The first-order valence-electron chi connectivity index (χ1n) is 7.00. The third-order valence-corrected chi connectivity index (χ3v) is 3.66. The molecule has 0 aliphatic heterocycles. The van der Waals surface area contributed by atoms with Crippen LogP contribution in [0.15, 0.2) is 34.8 Å². The van der Waals surface area contributed by atoms with Crippen LogP contribution in [0.2, 0.25) is 0 Å². The summed E-state index contributed by atoms with van der Waals surface area (Å²) in [5.74, 6) is 0.0287. The first kappa shape index (κ1) is 15.8. The highest BCUT2D eigenvalue weighted by molar-refractivity contribution is 9.10. The van der Waals surface area contributed by atoms with E-state index in [2.05, 4.69) is 34.9 Å². The fourth-order valence-corrected chi connectivity index (χ4v) is 2.38. The topological polar surface area (TPSA) is 44.1 Å². The van der Waals surface area contributed by atoms with Crippen LogP contribution in [0, 0.1) is 0 Å². The van der Waals surface area contributed by atoms with Gasteiger partial charge in [0.2, 0.25) is 0 Å². The van der Waals surface area contributed by atoms with Crippen molar-refractivity contribution in [3.63, 3.8) is 0 Å². The Labute approximate surface area is 133 Å². The molecule has 0 aliphatic rings. The van der Waals surface area contributed by atoms with E-state index in [0.29, 0.717) is 6.61 Å². The normalized spacial score (nSPS) is 10.9. The Kier molecular flexibility index (Phi) is 5.17. The number of hydrogen-bond donors (Lipinski definition) is 0. The van der Waals surface area contributed by atoms with Crippen LogP contribution in [0.1, 0.15) is 32.4 Å². The molecule has 5 heteroatoms. The molecule has 0 amide bonds. The Morgan fingerprint density at radius 2 is 2.00 bits per heavy atom. The zero-order chi connectivity index (χ0) is 15.4. The number of aromatic nitrogens is 2. The molecule has 2 rings (SSSR count). The Balaban J connectivity index is 2.32. The first-order valence-corrected chi connectivity index (χ1v) is 7.80. The predicted molar refractivity (Wildman–Crippen MR) is 86.1 cm³/mol. The number of halogens is 1. The fourth-order valence-electron chi connectivity index (χ4n) is 2.11. The largest absolute Gasteiger partial charge is 0.465 e. The van der Waals surface area contributed by atoms with Crippen molar-refractivity contribution < 1.29 is 9.53 Å². The predicted octanol–water partition coefficient (Wildman–Crippen LogP) is 4.00. The van der Waals surface area contributed by atoms with E-state index < -0.39 is 0 Å². The van der Waals surface area contributed by atoms with Crippen LogP contribution in [0.4, 0.5) is 0 Å². The minimum Gasteiger partial charge on any atom is -0.465 e. The fraction of sp³-hybridized carbons (Fsp3) is 0.375. The number of carbonyl (C=O) groups excluding carboxylic acids is 1. The van der Waals surface area contributed by atoms with Crippen molar-refractivity contribution >= 4 is 21.9 Å². The van der Waals surface area contributed by atoms with E-state index >= 15 is 0 Å². The van der Waals surface area contributed by atoms with Crippen LogP contribution < -0.4 is 0 Å². The zero-order valence-corrected chi connectivity index (χ0v) is 14.1. The Morgan fingerprint density at radius 3 is 2.57 bits per heavy atom. The number of rotatable bonds is 5. The second kappa shape index (κ2) is 6.89. The summed E-state index contributed by atoms with van der Waals surface area (Å²) in [6.07, 6.45) is 0. The summed E-state index contributed by atoms with van der Waals surface area (Å²) >= 11 is 3.42. The van der Waals surface area contributed by atoms with Gasteiger partial charge in [-0.25, -0.2) is 0 Å². The van der Waals surface area contributed by atoms with Gasteiger partial charge in [0.15, 0.2) is 0 Å². The molecule has 0 atom stereocenters. The molecular formula is C16H19BrN2O2. The molecule has 0 saturated carbocycles. The Hall–Kier alpha value is -1.62. The lowest BCUT2D eigenvalue weighted by molar-refractivity contribution is -0.144. The van der Waals surface area contributed by atoms with Crippen molar-refractivity contribution in [1.82, 2.24) is 9.78 Å². The highest BCUT2D eigenvalue weighted by Crippen LogP contribution is 2.25. The van der Waals surface area contributed by atoms with Gasteiger partial charge in [-0.15, -0.1) is 0 Å². The van der Waals surface area contributed by atoms with Gasteiger partial charge in [-0.05, 0) is 31.0 Å². The summed E-state index contributed by atoms with van der Waals surface area (Å²) in [6, 6.07) is 10.0. The van der Waals surface area contributed by atoms with Crippen molar-refractivity contribution in [2.45, 2.75) is 33.2 Å². The van der Waals surface area contributed by atoms with Gasteiger partial charge >= 0.3 is 5.97 Å². The number of benzene rings is 1. The van der Waals surface area contributed by atoms with Crippen LogP contribution in [-0.2, 0) is 16.1 Å². The van der Waals surface area contributed by atoms with E-state index in [-0.39, 0.29) is 18.4 Å². The molecule has 4 nitrogen and oxygen atoms in total. The first-order chi connectivity index (χ1) is 10.0. The molecular weight excluding hydrogens is 332 g/mol. The molecule has 0 fully saturated rings. The van der Waals surface area contributed by atoms with Crippen LogP contribution in [-0.4, -0.2) is 22.4 Å². The molecule has 0 unspecified atom stereocenters. The third kappa shape index (κ3) is 3.94. The third-order valence-electron chi connectivity index (χ3n) is 3.13. The van der Waals surface area contributed by atoms with Gasteiger partial charge in [-0.3, -0.25) is 9.48 Å². The second-order valence-electron chi connectivity index (χ2n) is 5.08. The van der Waals surface area contributed by atoms with Crippen molar-refractivity contribution in [3.05, 3.63) is 40.5 Å². The van der Waals surface area contributed by atoms with Crippen LogP contribution in [0.5, 0.6) is 0 Å². The van der Waals surface area contributed by atoms with Gasteiger partial charge in [-0.2, -0.15) is 5.10 Å². The minimum atomic E-state index is -0.259. The lowest BCUT2D eigenvalue weighted by atomic mass is 10.1. The molecule has 1 heterocycles. The summed E-state index contributed by atoms with van der Waals surface area (Å²) in [5.41, 5.74) is 2.93. The standard InChI is InChI=1S/C16H19BrN2O2/c1-4-21-16(20)10-19-15(11(2)3)9-14(18-19)12-5-7-13(17)8-6-12/h5-9,11H,4,10H2,1-3H3. The molecule has 2 aromatic rings. The van der Waals surface area contributed by atoms with E-state index in [0.717, 1.165) is 21.4 Å². The van der Waals surface area contributed by atoms with E-state index in [1.807, 2.05) is 30.3 Å². The molecule has 0 aliphatic carbocycles. The number of nitrogens with zero attached hydrogens (tertiary/aromatic N) is 2. The maximum absolute atomic E-state index is 11.7. The lowest BCUT2D eigenvalue weighted by Crippen LogP contribution is -2.17. The summed E-state index contributed by atoms with van der Waals surface area (Å²) in [6.45, 7) is 6.51. The summed E-state index contributed by atoms with van der Waals surface area (Å²) in [4.78, 5) is 11.7. The molecule has 0 saturated heterocycles. The summed E-state index contributed by atoms with van der Waals surface area (Å²) < 4.78 is 7.77. The zero-order valence-electron chi connectivity index (χ0n) is 12.5. The average Bonchev–Trinajstić information content (AvgIpc) is 2.83. The molecule has 1 aromatic carbocycles. The SMILES string of the molecule is CCOC(=O)Cn1nc(-c2ccc(Br)cc2)cc1C(C)C. The lowest BCUT2D eigenvalue weighted by Gasteiger charge is -2.08. The van der Waals surface area contributed by atoms with E-state index in [1.165, 1.54) is 0 Å². The van der Waals surface area contributed by atoms with Crippen molar-refractivity contribution in [2.75, 3.05) is 6.61 Å². The monoisotopic (exact) mass is 350 g/mol. The number of esters is 1. The van der Waals surface area contributed by atoms with E-state index in [9.17, 15) is 4.79 Å². The summed E-state index contributed by atoms with van der Waals surface area (Å²) in [7, 11) is 0. The Bertz CT molecular complexity index is 618. The average molecular weight is 351 g/mol. The number of hydrogen-bond acceptors (Lipinski definition) is 3. The molecule has 21 heavy (non-hydrogen) atoms. The van der Waals surface area contributed by atoms with Crippen LogP contribution in [0.3, 0.4) is 0 Å². The number of ether oxygens (including phenoxy) is 1. The highest BCUT2D eigenvalue weighted by Gasteiger charge is 2.15. The molecule has 0 spiro atoms. The van der Waals surface area contributed by atoms with Gasteiger partial charge in [0.25, 0.3) is 0 Å². The van der Waals surface area contributed by atoms with Crippen molar-refractivity contribution in [3.8, 4) is 11.3 Å². The maximum atomic E-state index is 11.7. The van der Waals surface area contributed by atoms with Crippen molar-refractivity contribution in [2.24, 2.45) is 0 Å². The Morgan fingerprint density at radius 1 is 1.33 bits per heavy atom. The van der Waals surface area contributed by atoms with Gasteiger partial charge in [0, 0.05) is 15.7 Å². The van der Waals surface area contributed by atoms with Gasteiger partial charge in [0.05, 0.1) is 12.3 Å². The van der Waals surface area contributed by atoms with Gasteiger partial charge in [0.1, 0.15) is 6.54 Å². The van der Waals surface area contributed by atoms with E-state index in [1.54, 1.807) is 11.6 Å². The van der Waals surface area contributed by atoms with Gasteiger partial charge in [-0.1, -0.05) is 41.9 Å². The second-order valence-corrected chi connectivity index (χ2v) is 5.99. The number of carbonyl (C=O) groups is 1. The quantitative estimate of drug-likeness (QED) is 0.765. The molecule has 0 N–H and O–H groups in total. The maximum Gasteiger partial charge on any atom is 0.327 e. The highest BCUT2D eigenvalue weighted by atomic mass is 79.9. The smallest absolute Gasteiger partial charge is 0.327 e. The van der Waals surface area contributed by atoms with Crippen LogP contribution in [0.25, 0.3) is 11.3 Å². The molecule has 0 bridgehead atoms. The molecule has 112 valence electrons. The van der Waals surface area contributed by atoms with Gasteiger partial charge < -0.3 is 4.74 Å². The molecule has 0 radical (unpaired) electrons. The van der Waals surface area contributed by atoms with Crippen LogP contribution >= 0.6 is 15.9 Å². The molecule has 1 aromatic heterocycles.